The summed E-state index contributed by atoms with van der Waals surface area (Å²) in [5, 5.41) is 18.5. The smallest absolute Gasteiger partial charge is 0.317 e. The van der Waals surface area contributed by atoms with Gasteiger partial charge in [0.25, 0.3) is 0 Å². The van der Waals surface area contributed by atoms with E-state index < -0.39 is 17.4 Å². The van der Waals surface area contributed by atoms with Crippen molar-refractivity contribution < 1.29 is 24.6 Å². The lowest BCUT2D eigenvalue weighted by atomic mass is 9.86. The molecule has 1 aromatic rings. The van der Waals surface area contributed by atoms with Crippen molar-refractivity contribution in [3.8, 4) is 0 Å². The molecular weight excluding hydrogens is 436 g/mol. The highest BCUT2D eigenvalue weighted by Gasteiger charge is 2.23. The summed E-state index contributed by atoms with van der Waals surface area (Å²) in [5.41, 5.74) is 1.40. The van der Waals surface area contributed by atoms with Gasteiger partial charge in [0.2, 0.25) is 0 Å². The van der Waals surface area contributed by atoms with E-state index in [0.717, 1.165) is 25.2 Å². The van der Waals surface area contributed by atoms with Crippen LogP contribution in [0, 0.1) is 5.41 Å². The van der Waals surface area contributed by atoms with Gasteiger partial charge in [0.1, 0.15) is 0 Å². The van der Waals surface area contributed by atoms with Gasteiger partial charge in [0.05, 0.1) is 13.1 Å². The first kappa shape index (κ1) is 27.9. The van der Waals surface area contributed by atoms with E-state index in [4.69, 9.17) is 0 Å². The Balaban J connectivity index is 2.09. The lowest BCUT2D eigenvalue weighted by Gasteiger charge is -2.32. The molecule has 1 fully saturated rings. The van der Waals surface area contributed by atoms with Crippen LogP contribution in [0.3, 0.4) is 0 Å². The van der Waals surface area contributed by atoms with Crippen molar-refractivity contribution in [1.82, 2.24) is 19.6 Å². The van der Waals surface area contributed by atoms with Crippen molar-refractivity contribution in [2.24, 2.45) is 5.41 Å². The highest BCUT2D eigenvalue weighted by atomic mass is 16.4. The van der Waals surface area contributed by atoms with Crippen LogP contribution in [0.5, 0.6) is 0 Å². The monoisotopic (exact) mass is 476 g/mol. The number of likely N-dealkylation sites (N-methyl/N-ethyl adjacent to an activating group) is 1. The number of carbonyl (C=O) groups excluding carboxylic acids is 1. The maximum absolute atomic E-state index is 12.5. The lowest BCUT2D eigenvalue weighted by molar-refractivity contribution is -0.140. The predicted octanol–water partition coefficient (Wildman–Crippen LogP) is 1.44. The molecule has 0 aromatic heterocycles. The van der Waals surface area contributed by atoms with Crippen LogP contribution in [-0.2, 0) is 16.1 Å². The van der Waals surface area contributed by atoms with Crippen LogP contribution in [-0.4, -0.2) is 120 Å². The quantitative estimate of drug-likeness (QED) is 0.566. The van der Waals surface area contributed by atoms with E-state index in [-0.39, 0.29) is 18.9 Å². The number of carbonyl (C=O) groups is 3. The largest absolute Gasteiger partial charge is 0.480 e. The van der Waals surface area contributed by atoms with Crippen molar-refractivity contribution in [1.29, 1.82) is 0 Å². The number of hydrogen-bond acceptors (Lipinski definition) is 7. The molecular formula is C25H40N4O5. The van der Waals surface area contributed by atoms with E-state index in [0.29, 0.717) is 44.8 Å². The second-order valence-corrected chi connectivity index (χ2v) is 10.2. The number of hydrogen-bond donors (Lipinski definition) is 2. The van der Waals surface area contributed by atoms with Gasteiger partial charge in [-0.1, -0.05) is 45.0 Å². The van der Waals surface area contributed by atoms with Crippen molar-refractivity contribution in [2.45, 2.75) is 27.3 Å². The van der Waals surface area contributed by atoms with Gasteiger partial charge in [-0.25, -0.2) is 0 Å². The van der Waals surface area contributed by atoms with E-state index in [1.165, 1.54) is 0 Å². The van der Waals surface area contributed by atoms with Gasteiger partial charge >= 0.3 is 11.9 Å². The maximum Gasteiger partial charge on any atom is 0.317 e. The number of rotatable bonds is 7. The van der Waals surface area contributed by atoms with Crippen LogP contribution in [0.25, 0.3) is 0 Å². The van der Waals surface area contributed by atoms with Gasteiger partial charge in [0.15, 0.2) is 5.78 Å². The number of nitrogens with zero attached hydrogens (tertiary/aromatic N) is 4. The number of benzene rings is 1. The third-order valence-corrected chi connectivity index (χ3v) is 6.08. The predicted molar refractivity (Wildman–Crippen MR) is 131 cm³/mol. The van der Waals surface area contributed by atoms with Crippen LogP contribution in [0.15, 0.2) is 24.3 Å². The summed E-state index contributed by atoms with van der Waals surface area (Å²) in [5.74, 6) is -1.64. The molecule has 0 aliphatic carbocycles. The molecule has 0 spiro atoms. The summed E-state index contributed by atoms with van der Waals surface area (Å²) < 4.78 is 0. The first-order valence-electron chi connectivity index (χ1n) is 11.9. The van der Waals surface area contributed by atoms with Gasteiger partial charge in [0, 0.05) is 69.9 Å². The van der Waals surface area contributed by atoms with Crippen LogP contribution >= 0.6 is 0 Å². The number of carboxylic acid groups (broad SMARTS) is 2. The van der Waals surface area contributed by atoms with Gasteiger partial charge in [-0.05, 0) is 12.6 Å². The number of ketones is 1. The minimum absolute atomic E-state index is 0.0470. The van der Waals surface area contributed by atoms with E-state index in [9.17, 15) is 24.6 Å². The number of Topliss-reactive ketones (excluding diaryl/α,β-unsaturated/α-hetero) is 1. The fourth-order valence-electron chi connectivity index (χ4n) is 3.95. The normalized spacial score (nSPS) is 18.7. The van der Waals surface area contributed by atoms with E-state index in [1.807, 2.05) is 61.9 Å². The Labute approximate surface area is 202 Å². The molecule has 1 aromatic carbocycles. The first-order chi connectivity index (χ1) is 15.9. The fourth-order valence-corrected chi connectivity index (χ4v) is 3.95. The Hall–Kier alpha value is -2.33. The SMILES string of the molecule is CN1CCN(CC(=O)O)CCN(CC(=O)O)CCN(Cc2ccc(C(=O)C(C)(C)C)cc2)CC1. The Morgan fingerprint density at radius 1 is 0.735 bits per heavy atom. The summed E-state index contributed by atoms with van der Waals surface area (Å²) in [6.07, 6.45) is 0. The average Bonchev–Trinajstić information content (AvgIpc) is 2.74. The molecule has 0 bridgehead atoms. The second-order valence-electron chi connectivity index (χ2n) is 10.2. The fraction of sp³-hybridized carbons (Fsp3) is 0.640. The molecule has 0 unspecified atom stereocenters. The van der Waals surface area contributed by atoms with Crippen molar-refractivity contribution in [3.63, 3.8) is 0 Å². The van der Waals surface area contributed by atoms with Gasteiger partial charge < -0.3 is 15.1 Å². The van der Waals surface area contributed by atoms with E-state index in [2.05, 4.69) is 9.80 Å². The van der Waals surface area contributed by atoms with E-state index >= 15 is 0 Å². The zero-order valence-electron chi connectivity index (χ0n) is 21.0. The molecule has 0 radical (unpaired) electrons. The zero-order valence-corrected chi connectivity index (χ0v) is 21.0. The van der Waals surface area contributed by atoms with Crippen molar-refractivity contribution in [2.75, 3.05) is 72.5 Å². The van der Waals surface area contributed by atoms with Crippen molar-refractivity contribution in [3.05, 3.63) is 35.4 Å². The average molecular weight is 477 g/mol. The second kappa shape index (κ2) is 12.9. The molecule has 0 saturated carbocycles. The van der Waals surface area contributed by atoms with Crippen LogP contribution < -0.4 is 0 Å². The number of aliphatic carboxylic acids is 2. The molecule has 2 rings (SSSR count). The summed E-state index contributed by atoms with van der Waals surface area (Å²) in [7, 11) is 2.03. The molecule has 9 heteroatoms. The minimum atomic E-state index is -0.887. The highest BCUT2D eigenvalue weighted by molar-refractivity contribution is 5.99. The van der Waals surface area contributed by atoms with Crippen LogP contribution in [0.4, 0.5) is 0 Å². The zero-order chi connectivity index (χ0) is 25.3. The van der Waals surface area contributed by atoms with Gasteiger partial charge in [-0.3, -0.25) is 29.1 Å². The molecule has 9 nitrogen and oxygen atoms in total. The maximum atomic E-state index is 12.5. The Bertz CT molecular complexity index is 822. The first-order valence-corrected chi connectivity index (χ1v) is 11.9. The molecule has 1 heterocycles. The molecule has 1 aliphatic rings. The Kier molecular flexibility index (Phi) is 10.6. The van der Waals surface area contributed by atoms with Gasteiger partial charge in [-0.2, -0.15) is 0 Å². The summed E-state index contributed by atoms with van der Waals surface area (Å²) in [6, 6.07) is 7.77. The molecule has 190 valence electrons. The lowest BCUT2D eigenvalue weighted by Crippen LogP contribution is -2.47. The topological polar surface area (TPSA) is 105 Å². The molecule has 0 amide bonds. The van der Waals surface area contributed by atoms with Crippen LogP contribution in [0.2, 0.25) is 0 Å². The third-order valence-electron chi connectivity index (χ3n) is 6.08. The van der Waals surface area contributed by atoms with E-state index in [1.54, 1.807) is 0 Å². The van der Waals surface area contributed by atoms with Crippen LogP contribution in [0.1, 0.15) is 36.7 Å². The molecule has 0 atom stereocenters. The van der Waals surface area contributed by atoms with Gasteiger partial charge in [-0.15, -0.1) is 0 Å². The Morgan fingerprint density at radius 2 is 1.15 bits per heavy atom. The summed E-state index contributed by atoms with van der Waals surface area (Å²) >= 11 is 0. The highest BCUT2D eigenvalue weighted by Crippen LogP contribution is 2.21. The molecule has 2 N–H and O–H groups in total. The Morgan fingerprint density at radius 3 is 1.59 bits per heavy atom. The third kappa shape index (κ3) is 9.89. The minimum Gasteiger partial charge on any atom is -0.480 e. The number of carboxylic acids is 2. The van der Waals surface area contributed by atoms with Crippen molar-refractivity contribution >= 4 is 17.7 Å². The summed E-state index contributed by atoms with van der Waals surface area (Å²) in [4.78, 5) is 43.4. The standard InChI is InChI=1S/C25H40N4O5/c1-25(2,3)24(34)21-7-5-20(6-8-21)17-27-11-9-26(4)10-12-28(18-22(30)31)15-16-29(14-13-27)19-23(32)33/h5-8H,9-19H2,1-4H3,(H,30,31)(H,32,33). The molecule has 1 saturated heterocycles. The molecule has 1 aliphatic heterocycles. The molecule has 34 heavy (non-hydrogen) atoms. The summed E-state index contributed by atoms with van der Waals surface area (Å²) in [6.45, 7) is 11.6.